The Hall–Kier alpha value is -0.353. The minimum atomic E-state index is -1.59. The summed E-state index contributed by atoms with van der Waals surface area (Å²) in [7, 11) is 1.80. The van der Waals surface area contributed by atoms with Gasteiger partial charge in [0.15, 0.2) is 0 Å². The molecule has 0 saturated carbocycles. The fraction of sp³-hybridized carbons (Fsp3) is 0.400. The largest absolute Gasteiger partial charge is 0.400 e. The Morgan fingerprint density at radius 2 is 1.93 bits per heavy atom. The van der Waals surface area contributed by atoms with Crippen molar-refractivity contribution in [1.29, 1.82) is 0 Å². The summed E-state index contributed by atoms with van der Waals surface area (Å²) in [6.45, 7) is 2.11. The van der Waals surface area contributed by atoms with Gasteiger partial charge in [-0.1, -0.05) is 30.7 Å². The van der Waals surface area contributed by atoms with Crippen LogP contribution in [0.15, 0.2) is 24.3 Å². The van der Waals surface area contributed by atoms with E-state index in [4.69, 9.17) is 20.5 Å². The van der Waals surface area contributed by atoms with Crippen LogP contribution >= 0.6 is 11.6 Å². The average Bonchev–Trinajstić information content (AvgIpc) is 2.19. The van der Waals surface area contributed by atoms with E-state index in [9.17, 15) is 0 Å². The third-order valence-corrected chi connectivity index (χ3v) is 4.61. The zero-order valence-corrected chi connectivity index (χ0v) is 10.6. The van der Waals surface area contributed by atoms with Crippen molar-refractivity contribution in [2.75, 3.05) is 14.2 Å². The van der Waals surface area contributed by atoms with Crippen LogP contribution in [0, 0.1) is 0 Å². The molecule has 78 valence electrons. The molecule has 2 nitrogen and oxygen atoms in total. The van der Waals surface area contributed by atoms with Crippen molar-refractivity contribution >= 4 is 20.9 Å². The minimum Gasteiger partial charge on any atom is -0.400 e. The molecule has 0 saturated heterocycles. The third-order valence-electron chi connectivity index (χ3n) is 2.25. The van der Waals surface area contributed by atoms with Crippen molar-refractivity contribution in [2.45, 2.75) is 12.5 Å². The van der Waals surface area contributed by atoms with E-state index in [1.165, 1.54) is 5.56 Å². The Balaban J connectivity index is 2.82. The number of hydrogen-bond donors (Lipinski definition) is 0. The number of rotatable bonds is 4. The predicted octanol–water partition coefficient (Wildman–Crippen LogP) is 2.50. The SMILES string of the molecule is CO[SiH](OC)C(C)c1cccc(Cl)c1. The molecular weight excluding hydrogens is 216 g/mol. The molecule has 0 aliphatic carbocycles. The van der Waals surface area contributed by atoms with Gasteiger partial charge in [0.25, 0.3) is 0 Å². The lowest BCUT2D eigenvalue weighted by atomic mass is 10.2. The fourth-order valence-corrected chi connectivity index (χ4v) is 3.18. The van der Waals surface area contributed by atoms with Crippen LogP contribution in [-0.2, 0) is 8.85 Å². The first-order valence-electron chi connectivity index (χ1n) is 4.50. The topological polar surface area (TPSA) is 18.5 Å². The zero-order chi connectivity index (χ0) is 10.6. The first kappa shape index (κ1) is 11.7. The van der Waals surface area contributed by atoms with Gasteiger partial charge >= 0.3 is 9.28 Å². The van der Waals surface area contributed by atoms with Crippen molar-refractivity contribution in [2.24, 2.45) is 0 Å². The first-order chi connectivity index (χ1) is 6.69. The summed E-state index contributed by atoms with van der Waals surface area (Å²) in [4.78, 5) is 0. The van der Waals surface area contributed by atoms with Crippen molar-refractivity contribution in [3.8, 4) is 0 Å². The quantitative estimate of drug-likeness (QED) is 0.740. The van der Waals surface area contributed by atoms with E-state index in [0.29, 0.717) is 5.54 Å². The molecule has 0 N–H and O–H groups in total. The molecule has 0 spiro atoms. The maximum Gasteiger partial charge on any atom is 0.328 e. The van der Waals surface area contributed by atoms with Crippen LogP contribution in [0.4, 0.5) is 0 Å². The van der Waals surface area contributed by atoms with E-state index in [1.807, 2.05) is 18.2 Å². The summed E-state index contributed by atoms with van der Waals surface area (Å²) in [6, 6.07) is 7.83. The maximum absolute atomic E-state index is 5.91. The second kappa shape index (κ2) is 5.51. The lowest BCUT2D eigenvalue weighted by molar-refractivity contribution is 0.269. The average molecular weight is 231 g/mol. The highest BCUT2D eigenvalue weighted by molar-refractivity contribution is 6.46. The van der Waals surface area contributed by atoms with Crippen LogP contribution in [0.3, 0.4) is 0 Å². The lowest BCUT2D eigenvalue weighted by Gasteiger charge is -2.19. The van der Waals surface area contributed by atoms with Crippen LogP contribution in [0.25, 0.3) is 0 Å². The first-order valence-corrected chi connectivity index (χ1v) is 6.49. The van der Waals surface area contributed by atoms with Crippen molar-refractivity contribution in [3.63, 3.8) is 0 Å². The normalized spacial score (nSPS) is 13.2. The summed E-state index contributed by atoms with van der Waals surface area (Å²) < 4.78 is 10.7. The Morgan fingerprint density at radius 3 is 2.43 bits per heavy atom. The summed E-state index contributed by atoms with van der Waals surface area (Å²) in [5, 5.41) is 0.759. The van der Waals surface area contributed by atoms with Gasteiger partial charge in [0.1, 0.15) is 0 Å². The summed E-state index contributed by atoms with van der Waals surface area (Å²) >= 11 is 5.91. The van der Waals surface area contributed by atoms with E-state index < -0.39 is 9.28 Å². The number of hydrogen-bond acceptors (Lipinski definition) is 2. The molecule has 1 unspecified atom stereocenters. The van der Waals surface area contributed by atoms with Gasteiger partial charge in [-0.25, -0.2) is 0 Å². The van der Waals surface area contributed by atoms with Crippen LogP contribution in [0.5, 0.6) is 0 Å². The molecule has 1 aromatic rings. The molecule has 14 heavy (non-hydrogen) atoms. The van der Waals surface area contributed by atoms with E-state index in [2.05, 4.69) is 13.0 Å². The van der Waals surface area contributed by atoms with E-state index in [-0.39, 0.29) is 0 Å². The maximum atomic E-state index is 5.91. The second-order valence-corrected chi connectivity index (χ2v) is 6.30. The molecule has 0 aliphatic rings. The highest BCUT2D eigenvalue weighted by Gasteiger charge is 2.21. The van der Waals surface area contributed by atoms with Crippen LogP contribution in [-0.4, -0.2) is 23.5 Å². The van der Waals surface area contributed by atoms with Crippen molar-refractivity contribution in [1.82, 2.24) is 0 Å². The Bertz CT molecular complexity index is 289. The smallest absolute Gasteiger partial charge is 0.328 e. The minimum absolute atomic E-state index is 0.309. The van der Waals surface area contributed by atoms with Gasteiger partial charge in [-0.2, -0.15) is 0 Å². The third kappa shape index (κ3) is 2.82. The highest BCUT2D eigenvalue weighted by atomic mass is 35.5. The van der Waals surface area contributed by atoms with Gasteiger partial charge in [0, 0.05) is 24.8 Å². The number of benzene rings is 1. The monoisotopic (exact) mass is 230 g/mol. The summed E-state index contributed by atoms with van der Waals surface area (Å²) in [5.41, 5.74) is 1.49. The molecule has 1 aromatic carbocycles. The Kier molecular flexibility index (Phi) is 4.61. The highest BCUT2D eigenvalue weighted by Crippen LogP contribution is 2.21. The molecule has 0 radical (unpaired) electrons. The van der Waals surface area contributed by atoms with Gasteiger partial charge in [0.2, 0.25) is 0 Å². The van der Waals surface area contributed by atoms with Gasteiger partial charge in [0.05, 0.1) is 0 Å². The van der Waals surface area contributed by atoms with E-state index >= 15 is 0 Å². The standard InChI is InChI=1S/C10H15ClO2Si/c1-8(14(12-2)13-3)9-5-4-6-10(11)7-9/h4-8,14H,1-3H3. The molecule has 4 heteroatoms. The van der Waals surface area contributed by atoms with Crippen molar-refractivity contribution in [3.05, 3.63) is 34.9 Å². The molecule has 0 heterocycles. The molecule has 0 aromatic heterocycles. The molecule has 1 rings (SSSR count). The summed E-state index contributed by atoms with van der Waals surface area (Å²) in [6.07, 6.45) is 0. The molecule has 0 amide bonds. The Morgan fingerprint density at radius 1 is 1.29 bits per heavy atom. The second-order valence-electron chi connectivity index (χ2n) is 3.18. The lowest BCUT2D eigenvalue weighted by Crippen LogP contribution is -2.26. The molecule has 0 aliphatic heterocycles. The van der Waals surface area contributed by atoms with Crippen LogP contribution in [0.1, 0.15) is 18.0 Å². The van der Waals surface area contributed by atoms with Gasteiger partial charge in [-0.05, 0) is 17.7 Å². The van der Waals surface area contributed by atoms with Crippen LogP contribution in [0.2, 0.25) is 5.02 Å². The predicted molar refractivity (Wildman–Crippen MR) is 61.0 cm³/mol. The van der Waals surface area contributed by atoms with Gasteiger partial charge in [-0.15, -0.1) is 0 Å². The van der Waals surface area contributed by atoms with E-state index in [1.54, 1.807) is 14.2 Å². The van der Waals surface area contributed by atoms with Gasteiger partial charge < -0.3 is 8.85 Å². The molecule has 0 fully saturated rings. The summed E-state index contributed by atoms with van der Waals surface area (Å²) in [5.74, 6) is 0. The van der Waals surface area contributed by atoms with E-state index in [0.717, 1.165) is 5.02 Å². The Labute approximate surface area is 91.6 Å². The fourth-order valence-electron chi connectivity index (χ4n) is 1.45. The number of halogens is 1. The van der Waals surface area contributed by atoms with Crippen LogP contribution < -0.4 is 0 Å². The molecule has 0 bridgehead atoms. The van der Waals surface area contributed by atoms with Gasteiger partial charge in [-0.3, -0.25) is 0 Å². The van der Waals surface area contributed by atoms with Crippen molar-refractivity contribution < 1.29 is 8.85 Å². The molecular formula is C10H15ClO2Si. The zero-order valence-electron chi connectivity index (χ0n) is 8.66. The molecule has 1 atom stereocenters.